The first-order valence-corrected chi connectivity index (χ1v) is 5.50. The molecule has 1 aromatic heterocycles. The van der Waals surface area contributed by atoms with Gasteiger partial charge in [-0.2, -0.15) is 9.97 Å². The van der Waals surface area contributed by atoms with Crippen LogP contribution in [-0.2, 0) is 0 Å². The molecule has 1 aromatic rings. The minimum Gasteiger partial charge on any atom is -0.463 e. The van der Waals surface area contributed by atoms with E-state index < -0.39 is 0 Å². The van der Waals surface area contributed by atoms with E-state index in [1.165, 1.54) is 0 Å². The third-order valence-electron chi connectivity index (χ3n) is 1.69. The van der Waals surface area contributed by atoms with E-state index in [9.17, 15) is 0 Å². The van der Waals surface area contributed by atoms with Gasteiger partial charge in [0.15, 0.2) is 0 Å². The predicted molar refractivity (Wildman–Crippen MR) is 62.3 cm³/mol. The fraction of sp³-hybridized carbons (Fsp3) is 0.700. The molecular weight excluding hydrogens is 224 g/mol. The van der Waals surface area contributed by atoms with Crippen LogP contribution in [0.2, 0.25) is 0 Å². The number of rotatable bonds is 7. The summed E-state index contributed by atoms with van der Waals surface area (Å²) in [6, 6.07) is 0.409. The van der Waals surface area contributed by atoms with Crippen molar-refractivity contribution in [2.45, 2.75) is 26.4 Å². The second kappa shape index (κ2) is 6.85. The van der Waals surface area contributed by atoms with Crippen LogP contribution in [0.3, 0.4) is 0 Å². The maximum Gasteiger partial charge on any atom is 0.324 e. The number of anilines is 1. The Balaban J connectivity index is 2.74. The highest BCUT2D eigenvalue weighted by Crippen LogP contribution is 2.13. The van der Waals surface area contributed by atoms with E-state index >= 15 is 0 Å². The number of aliphatic hydroxyl groups excluding tert-OH is 1. The highest BCUT2D eigenvalue weighted by atomic mass is 16.5. The topological polar surface area (TPSA) is 89.4 Å². The molecule has 1 rings (SSSR count). The Kier molecular flexibility index (Phi) is 5.41. The van der Waals surface area contributed by atoms with E-state index in [1.54, 1.807) is 7.05 Å². The van der Waals surface area contributed by atoms with E-state index in [1.807, 2.05) is 13.8 Å². The Morgan fingerprint density at radius 2 is 1.94 bits per heavy atom. The number of aromatic nitrogens is 3. The molecule has 0 aliphatic heterocycles. The summed E-state index contributed by atoms with van der Waals surface area (Å²) in [6.07, 6.45) is 0.508. The minimum atomic E-state index is -0.0209. The minimum absolute atomic E-state index is 0.0209. The third kappa shape index (κ3) is 4.81. The number of nitrogens with zero attached hydrogens (tertiary/aromatic N) is 3. The second-order valence-corrected chi connectivity index (χ2v) is 3.57. The van der Waals surface area contributed by atoms with Crippen LogP contribution in [0.25, 0.3) is 0 Å². The Bertz CT molecular complexity index is 346. The van der Waals surface area contributed by atoms with Crippen molar-refractivity contribution in [2.75, 3.05) is 25.6 Å². The first-order chi connectivity index (χ1) is 8.15. The third-order valence-corrected chi connectivity index (χ3v) is 1.69. The Labute approximate surface area is 100 Å². The molecule has 0 unspecified atom stereocenters. The molecule has 0 aromatic carbocycles. The molecule has 0 aliphatic carbocycles. The van der Waals surface area contributed by atoms with Crippen LogP contribution >= 0.6 is 0 Å². The second-order valence-electron chi connectivity index (χ2n) is 3.57. The molecule has 0 radical (unpaired) electrons. The van der Waals surface area contributed by atoms with Crippen LogP contribution in [-0.4, -0.2) is 46.4 Å². The molecule has 0 aliphatic rings. The molecular formula is C10H18N4O3. The summed E-state index contributed by atoms with van der Waals surface area (Å²) in [5.74, 6) is 0.384. The molecule has 7 heteroatoms. The van der Waals surface area contributed by atoms with Gasteiger partial charge in [-0.1, -0.05) is 0 Å². The lowest BCUT2D eigenvalue weighted by molar-refractivity contribution is 0.204. The molecule has 0 fully saturated rings. The zero-order valence-electron chi connectivity index (χ0n) is 10.3. The van der Waals surface area contributed by atoms with Crippen molar-refractivity contribution >= 4 is 5.95 Å². The number of ether oxygens (including phenoxy) is 2. The molecule has 7 nitrogen and oxygen atoms in total. The van der Waals surface area contributed by atoms with Gasteiger partial charge in [0.05, 0.1) is 12.7 Å². The van der Waals surface area contributed by atoms with Gasteiger partial charge in [-0.15, -0.1) is 4.98 Å². The van der Waals surface area contributed by atoms with Crippen LogP contribution in [0.5, 0.6) is 12.0 Å². The van der Waals surface area contributed by atoms with Gasteiger partial charge in [0.25, 0.3) is 0 Å². The fourth-order valence-electron chi connectivity index (χ4n) is 1.01. The van der Waals surface area contributed by atoms with Gasteiger partial charge >= 0.3 is 12.0 Å². The summed E-state index contributed by atoms with van der Waals surface area (Å²) in [7, 11) is 1.70. The van der Waals surface area contributed by atoms with Crippen molar-refractivity contribution < 1.29 is 14.6 Å². The van der Waals surface area contributed by atoms with Crippen LogP contribution in [0.1, 0.15) is 20.3 Å². The van der Waals surface area contributed by atoms with Gasteiger partial charge in [-0.3, -0.25) is 0 Å². The molecule has 0 saturated carbocycles. The lowest BCUT2D eigenvalue weighted by Gasteiger charge is -2.10. The molecule has 2 N–H and O–H groups in total. The Morgan fingerprint density at radius 3 is 2.53 bits per heavy atom. The molecule has 0 atom stereocenters. The van der Waals surface area contributed by atoms with Crippen LogP contribution in [0.4, 0.5) is 5.95 Å². The zero-order valence-corrected chi connectivity index (χ0v) is 10.3. The monoisotopic (exact) mass is 242 g/mol. The summed E-state index contributed by atoms with van der Waals surface area (Å²) in [5.41, 5.74) is 0. The van der Waals surface area contributed by atoms with Gasteiger partial charge in [-0.25, -0.2) is 0 Å². The van der Waals surface area contributed by atoms with Gasteiger partial charge in [-0.05, 0) is 13.8 Å². The summed E-state index contributed by atoms with van der Waals surface area (Å²) in [4.78, 5) is 12.1. The number of aliphatic hydroxyl groups is 1. The fourth-order valence-corrected chi connectivity index (χ4v) is 1.01. The Morgan fingerprint density at radius 1 is 1.24 bits per heavy atom. The largest absolute Gasteiger partial charge is 0.463 e. The van der Waals surface area contributed by atoms with Crippen molar-refractivity contribution in [3.8, 4) is 12.0 Å². The van der Waals surface area contributed by atoms with Crippen molar-refractivity contribution in [2.24, 2.45) is 0 Å². The normalized spacial score (nSPS) is 10.4. The van der Waals surface area contributed by atoms with Gasteiger partial charge in [0.2, 0.25) is 5.95 Å². The lowest BCUT2D eigenvalue weighted by atomic mass is 10.5. The van der Waals surface area contributed by atoms with E-state index in [4.69, 9.17) is 14.6 Å². The molecule has 0 bridgehead atoms. The zero-order chi connectivity index (χ0) is 12.7. The lowest BCUT2D eigenvalue weighted by Crippen LogP contribution is -2.12. The highest BCUT2D eigenvalue weighted by Gasteiger charge is 2.08. The average molecular weight is 242 g/mol. The SMILES string of the molecule is CNc1nc(OCCCO)nc(OC(C)C)n1. The van der Waals surface area contributed by atoms with Gasteiger partial charge in [0.1, 0.15) is 0 Å². The van der Waals surface area contributed by atoms with E-state index in [0.29, 0.717) is 19.0 Å². The molecule has 17 heavy (non-hydrogen) atoms. The van der Waals surface area contributed by atoms with Crippen molar-refractivity contribution in [3.63, 3.8) is 0 Å². The van der Waals surface area contributed by atoms with Crippen molar-refractivity contribution in [1.82, 2.24) is 15.0 Å². The summed E-state index contributed by atoms with van der Waals surface area (Å²) in [6.45, 7) is 4.19. The van der Waals surface area contributed by atoms with Crippen LogP contribution in [0, 0.1) is 0 Å². The maximum absolute atomic E-state index is 8.65. The summed E-state index contributed by atoms with van der Waals surface area (Å²) >= 11 is 0. The van der Waals surface area contributed by atoms with Crippen molar-refractivity contribution in [3.05, 3.63) is 0 Å². The smallest absolute Gasteiger partial charge is 0.324 e. The number of nitrogens with one attached hydrogen (secondary N) is 1. The molecule has 0 saturated heterocycles. The number of hydrogen-bond donors (Lipinski definition) is 2. The standard InChI is InChI=1S/C10H18N4O3/c1-7(2)17-10-13-8(11-3)12-9(14-10)16-6-4-5-15/h7,15H,4-6H2,1-3H3,(H,11,12,13,14). The molecule has 0 spiro atoms. The van der Waals surface area contributed by atoms with E-state index in [-0.39, 0.29) is 24.7 Å². The molecule has 0 amide bonds. The molecule has 1 heterocycles. The van der Waals surface area contributed by atoms with Crippen LogP contribution < -0.4 is 14.8 Å². The number of hydrogen-bond acceptors (Lipinski definition) is 7. The first-order valence-electron chi connectivity index (χ1n) is 5.50. The van der Waals surface area contributed by atoms with Crippen molar-refractivity contribution in [1.29, 1.82) is 0 Å². The Hall–Kier alpha value is -1.63. The summed E-state index contributed by atoms with van der Waals surface area (Å²) < 4.78 is 10.6. The average Bonchev–Trinajstić information content (AvgIpc) is 2.28. The van der Waals surface area contributed by atoms with Gasteiger partial charge < -0.3 is 19.9 Å². The maximum atomic E-state index is 8.65. The van der Waals surface area contributed by atoms with E-state index in [0.717, 1.165) is 0 Å². The van der Waals surface area contributed by atoms with Crippen LogP contribution in [0.15, 0.2) is 0 Å². The first kappa shape index (κ1) is 13.4. The summed E-state index contributed by atoms with van der Waals surface area (Å²) in [5, 5.41) is 11.4. The van der Waals surface area contributed by atoms with Gasteiger partial charge in [0, 0.05) is 20.1 Å². The van der Waals surface area contributed by atoms with E-state index in [2.05, 4.69) is 20.3 Å². The molecule has 96 valence electrons. The quantitative estimate of drug-likeness (QED) is 0.671. The highest BCUT2D eigenvalue weighted by molar-refractivity contribution is 5.26. The predicted octanol–water partition coefficient (Wildman–Crippen LogP) is 0.462.